The first-order valence-electron chi connectivity index (χ1n) is 9.66. The third kappa shape index (κ3) is 3.86. The molecule has 0 radical (unpaired) electrons. The molecule has 0 saturated carbocycles. The van der Waals surface area contributed by atoms with Crippen LogP contribution in [0.5, 0.6) is 5.75 Å². The Hall–Kier alpha value is -2.89. The van der Waals surface area contributed by atoms with E-state index in [1.54, 1.807) is 11.0 Å². The second kappa shape index (κ2) is 8.00. The van der Waals surface area contributed by atoms with Crippen LogP contribution >= 0.6 is 0 Å². The van der Waals surface area contributed by atoms with Crippen LogP contribution in [0, 0.1) is 5.82 Å². The van der Waals surface area contributed by atoms with Crippen LogP contribution in [-0.4, -0.2) is 54.4 Å². The number of ether oxygens (including phenoxy) is 1. The van der Waals surface area contributed by atoms with Crippen LogP contribution < -0.4 is 4.74 Å². The van der Waals surface area contributed by atoms with Crippen LogP contribution in [0.25, 0.3) is 0 Å². The highest BCUT2D eigenvalue weighted by atomic mass is 19.1. The molecule has 2 aromatic carbocycles. The number of para-hydroxylation sites is 1. The molecule has 2 aliphatic heterocycles. The van der Waals surface area contributed by atoms with Gasteiger partial charge in [0.2, 0.25) is 5.91 Å². The number of amides is 2. The van der Waals surface area contributed by atoms with Gasteiger partial charge in [-0.05, 0) is 42.2 Å². The van der Waals surface area contributed by atoms with E-state index in [0.717, 1.165) is 17.7 Å². The van der Waals surface area contributed by atoms with Crippen molar-refractivity contribution in [1.29, 1.82) is 0 Å². The topological polar surface area (TPSA) is 49.9 Å². The van der Waals surface area contributed by atoms with E-state index in [1.165, 1.54) is 18.2 Å². The van der Waals surface area contributed by atoms with Gasteiger partial charge in [0, 0.05) is 38.2 Å². The molecule has 1 saturated heterocycles. The zero-order valence-electron chi connectivity index (χ0n) is 15.6. The highest BCUT2D eigenvalue weighted by Gasteiger charge is 2.29. The fourth-order valence-electron chi connectivity index (χ4n) is 3.93. The van der Waals surface area contributed by atoms with Crippen LogP contribution in [0.3, 0.4) is 0 Å². The molecule has 2 heterocycles. The summed E-state index contributed by atoms with van der Waals surface area (Å²) in [5.41, 5.74) is 1.45. The fourth-order valence-corrected chi connectivity index (χ4v) is 3.93. The average molecular weight is 382 g/mol. The summed E-state index contributed by atoms with van der Waals surface area (Å²) in [7, 11) is 0. The number of hydrogen-bond acceptors (Lipinski definition) is 3. The molecule has 1 atom stereocenters. The van der Waals surface area contributed by atoms with E-state index < -0.39 is 5.82 Å². The lowest BCUT2D eigenvalue weighted by Crippen LogP contribution is -2.50. The summed E-state index contributed by atoms with van der Waals surface area (Å²) in [6, 6.07) is 13.6. The van der Waals surface area contributed by atoms with E-state index in [0.29, 0.717) is 44.8 Å². The van der Waals surface area contributed by atoms with Gasteiger partial charge in [0.05, 0.1) is 6.61 Å². The van der Waals surface area contributed by atoms with Crippen molar-refractivity contribution in [3.63, 3.8) is 0 Å². The number of nitrogens with zero attached hydrogens (tertiary/aromatic N) is 2. The summed E-state index contributed by atoms with van der Waals surface area (Å²) in [6.45, 7) is 2.57. The van der Waals surface area contributed by atoms with Crippen LogP contribution in [0.4, 0.5) is 4.39 Å². The van der Waals surface area contributed by atoms with Gasteiger partial charge >= 0.3 is 0 Å². The molecule has 0 N–H and O–H groups in total. The zero-order valence-corrected chi connectivity index (χ0v) is 15.6. The van der Waals surface area contributed by atoms with Crippen LogP contribution in [0.15, 0.2) is 48.5 Å². The quantitative estimate of drug-likeness (QED) is 0.820. The standard InChI is InChI=1S/C22H23FN2O3/c23-18-5-3-4-17(14-18)22(27)25-11-9-24(10-12-25)21(26)15-16-8-13-28-20-7-2-1-6-19(16)20/h1-7,14,16H,8-13,15H2/t16-/m1/s1. The first-order chi connectivity index (χ1) is 13.6. The molecule has 2 aromatic rings. The Labute approximate surface area is 163 Å². The number of carbonyl (C=O) groups is 2. The number of rotatable bonds is 3. The van der Waals surface area contributed by atoms with E-state index in [9.17, 15) is 14.0 Å². The van der Waals surface area contributed by atoms with Gasteiger partial charge in [0.1, 0.15) is 11.6 Å². The van der Waals surface area contributed by atoms with Crippen molar-refractivity contribution >= 4 is 11.8 Å². The molecule has 0 bridgehead atoms. The van der Waals surface area contributed by atoms with Crippen molar-refractivity contribution in [2.45, 2.75) is 18.8 Å². The molecule has 2 aliphatic rings. The SMILES string of the molecule is O=C(C[C@H]1CCOc2ccccc21)N1CCN(C(=O)c2cccc(F)c2)CC1. The van der Waals surface area contributed by atoms with Crippen molar-refractivity contribution in [2.75, 3.05) is 32.8 Å². The van der Waals surface area contributed by atoms with Crippen molar-refractivity contribution in [2.24, 2.45) is 0 Å². The van der Waals surface area contributed by atoms with Crippen molar-refractivity contribution in [3.05, 3.63) is 65.5 Å². The van der Waals surface area contributed by atoms with Gasteiger partial charge in [-0.15, -0.1) is 0 Å². The summed E-state index contributed by atoms with van der Waals surface area (Å²) in [4.78, 5) is 28.8. The summed E-state index contributed by atoms with van der Waals surface area (Å²) in [5.74, 6) is 0.544. The maximum Gasteiger partial charge on any atom is 0.254 e. The first-order valence-corrected chi connectivity index (χ1v) is 9.66. The summed E-state index contributed by atoms with van der Waals surface area (Å²) < 4.78 is 19.0. The largest absolute Gasteiger partial charge is 0.493 e. The summed E-state index contributed by atoms with van der Waals surface area (Å²) in [5, 5.41) is 0. The number of piperazine rings is 1. The fraction of sp³-hybridized carbons (Fsp3) is 0.364. The maximum absolute atomic E-state index is 13.4. The highest BCUT2D eigenvalue weighted by Crippen LogP contribution is 2.35. The minimum Gasteiger partial charge on any atom is -0.493 e. The molecule has 0 unspecified atom stereocenters. The van der Waals surface area contributed by atoms with Gasteiger partial charge in [0.25, 0.3) is 5.91 Å². The highest BCUT2D eigenvalue weighted by molar-refractivity contribution is 5.94. The lowest BCUT2D eigenvalue weighted by Gasteiger charge is -2.36. The van der Waals surface area contributed by atoms with E-state index in [-0.39, 0.29) is 17.7 Å². The van der Waals surface area contributed by atoms with Gasteiger partial charge in [0.15, 0.2) is 0 Å². The van der Waals surface area contributed by atoms with Crippen LogP contribution in [0.1, 0.15) is 34.7 Å². The summed E-state index contributed by atoms with van der Waals surface area (Å²) in [6.07, 6.45) is 1.29. The Morgan fingerprint density at radius 1 is 1.00 bits per heavy atom. The lowest BCUT2D eigenvalue weighted by molar-refractivity contribution is -0.133. The van der Waals surface area contributed by atoms with E-state index in [4.69, 9.17) is 4.74 Å². The molecular weight excluding hydrogens is 359 g/mol. The van der Waals surface area contributed by atoms with Crippen LogP contribution in [-0.2, 0) is 4.79 Å². The molecule has 28 heavy (non-hydrogen) atoms. The molecule has 5 nitrogen and oxygen atoms in total. The van der Waals surface area contributed by atoms with Gasteiger partial charge in [-0.25, -0.2) is 4.39 Å². The average Bonchev–Trinajstić information content (AvgIpc) is 2.73. The third-order valence-corrected chi connectivity index (χ3v) is 5.49. The Morgan fingerprint density at radius 3 is 2.54 bits per heavy atom. The normalized spacial score (nSPS) is 19.0. The molecule has 1 fully saturated rings. The predicted molar refractivity (Wildman–Crippen MR) is 103 cm³/mol. The number of fused-ring (bicyclic) bond motifs is 1. The zero-order chi connectivity index (χ0) is 19.5. The molecule has 146 valence electrons. The van der Waals surface area contributed by atoms with Crippen molar-refractivity contribution in [1.82, 2.24) is 9.80 Å². The van der Waals surface area contributed by atoms with Crippen molar-refractivity contribution < 1.29 is 18.7 Å². The molecule has 2 amide bonds. The van der Waals surface area contributed by atoms with Gasteiger partial charge < -0.3 is 14.5 Å². The minimum atomic E-state index is -0.420. The number of carbonyl (C=O) groups excluding carboxylic acids is 2. The third-order valence-electron chi connectivity index (χ3n) is 5.49. The Balaban J connectivity index is 1.34. The van der Waals surface area contributed by atoms with Crippen LogP contribution in [0.2, 0.25) is 0 Å². The van der Waals surface area contributed by atoms with Gasteiger partial charge in [-0.3, -0.25) is 9.59 Å². The lowest BCUT2D eigenvalue weighted by atomic mass is 9.90. The van der Waals surface area contributed by atoms with Gasteiger partial charge in [-0.1, -0.05) is 24.3 Å². The van der Waals surface area contributed by atoms with E-state index in [1.807, 2.05) is 29.2 Å². The Bertz CT molecular complexity index is 878. The molecule has 0 aliphatic carbocycles. The Kier molecular flexibility index (Phi) is 5.28. The molecular formula is C22H23FN2O3. The predicted octanol–water partition coefficient (Wildman–Crippen LogP) is 3.07. The summed E-state index contributed by atoms with van der Waals surface area (Å²) >= 11 is 0. The van der Waals surface area contributed by atoms with E-state index >= 15 is 0 Å². The smallest absolute Gasteiger partial charge is 0.254 e. The number of halogens is 1. The van der Waals surface area contributed by atoms with E-state index in [2.05, 4.69) is 0 Å². The Morgan fingerprint density at radius 2 is 1.75 bits per heavy atom. The van der Waals surface area contributed by atoms with Crippen molar-refractivity contribution in [3.8, 4) is 5.75 Å². The molecule has 6 heteroatoms. The van der Waals surface area contributed by atoms with Gasteiger partial charge in [-0.2, -0.15) is 0 Å². The molecule has 4 rings (SSSR count). The molecule has 0 aromatic heterocycles. The molecule has 0 spiro atoms. The second-order valence-corrected chi connectivity index (χ2v) is 7.26. The first kappa shape index (κ1) is 18.5. The second-order valence-electron chi connectivity index (χ2n) is 7.26. The number of hydrogen-bond donors (Lipinski definition) is 0. The minimum absolute atomic E-state index is 0.111. The monoisotopic (exact) mass is 382 g/mol. The number of benzene rings is 2. The maximum atomic E-state index is 13.4.